The Morgan fingerprint density at radius 1 is 0.321 bits per heavy atom. The quantitative estimate of drug-likeness (QED) is 0.182. The number of rotatable bonds is 5. The number of nitrogens with zero attached hydrogens (tertiary/aromatic N) is 1. The fraction of sp³-hybridized carbons (Fsp3) is 0. The standard InChI is InChI=1S/C50H31NO2/c1-3-11-33(12-4-1)43-31-44-41-26-21-35(29-48(41)53-50(44)42-18-10-9-17-40(42)43)32-19-23-37(24-20-32)51(36-14-5-2-6-15-36)38-25-28-46-45(30-38)49-39-16-8-7-13-34(39)22-27-47(49)52-46/h1-31H. The fourth-order valence-corrected chi connectivity index (χ4v) is 8.14. The van der Waals surface area contributed by atoms with Gasteiger partial charge in [0.15, 0.2) is 0 Å². The number of fused-ring (bicyclic) bond motifs is 10. The minimum atomic E-state index is 0.883. The third-order valence-electron chi connectivity index (χ3n) is 10.6. The zero-order chi connectivity index (χ0) is 34.9. The number of anilines is 3. The van der Waals surface area contributed by atoms with Crippen molar-refractivity contribution in [2.45, 2.75) is 0 Å². The van der Waals surface area contributed by atoms with Crippen molar-refractivity contribution in [1.29, 1.82) is 0 Å². The summed E-state index contributed by atoms with van der Waals surface area (Å²) in [5.41, 5.74) is 11.5. The Hall–Kier alpha value is -7.10. The SMILES string of the molecule is c1ccc(-c2cc3c4ccc(-c5ccc(N(c6ccccc6)c6ccc7oc8ccc9ccccc9c8c7c6)cc5)cc4oc3c3ccccc23)cc1. The zero-order valence-electron chi connectivity index (χ0n) is 28.7. The van der Waals surface area contributed by atoms with E-state index in [1.54, 1.807) is 0 Å². The van der Waals surface area contributed by atoms with Gasteiger partial charge in [-0.15, -0.1) is 0 Å². The van der Waals surface area contributed by atoms with Crippen molar-refractivity contribution in [3.63, 3.8) is 0 Å². The van der Waals surface area contributed by atoms with E-state index in [0.717, 1.165) is 77.5 Å². The highest BCUT2D eigenvalue weighted by Crippen LogP contribution is 2.43. The van der Waals surface area contributed by atoms with Crippen LogP contribution in [0, 0.1) is 0 Å². The van der Waals surface area contributed by atoms with E-state index in [1.165, 1.54) is 27.3 Å². The number of hydrogen-bond donors (Lipinski definition) is 0. The molecule has 0 aliphatic rings. The molecule has 0 radical (unpaired) electrons. The lowest BCUT2D eigenvalue weighted by Crippen LogP contribution is -2.09. The molecule has 248 valence electrons. The molecule has 0 saturated heterocycles. The van der Waals surface area contributed by atoms with Crippen LogP contribution in [0.1, 0.15) is 0 Å². The summed E-state index contributed by atoms with van der Waals surface area (Å²) in [7, 11) is 0. The molecule has 2 aromatic heterocycles. The Kier molecular flexibility index (Phi) is 6.55. The van der Waals surface area contributed by atoms with Crippen molar-refractivity contribution in [1.82, 2.24) is 0 Å². The monoisotopic (exact) mass is 677 g/mol. The van der Waals surface area contributed by atoms with Crippen LogP contribution >= 0.6 is 0 Å². The van der Waals surface area contributed by atoms with Gasteiger partial charge in [-0.3, -0.25) is 0 Å². The molecule has 53 heavy (non-hydrogen) atoms. The van der Waals surface area contributed by atoms with Gasteiger partial charge in [-0.2, -0.15) is 0 Å². The van der Waals surface area contributed by atoms with Gasteiger partial charge >= 0.3 is 0 Å². The molecule has 11 aromatic rings. The molecule has 9 aromatic carbocycles. The Labute approximate surface area is 305 Å². The number of benzene rings is 9. The van der Waals surface area contributed by atoms with Crippen LogP contribution in [-0.4, -0.2) is 0 Å². The molecular weight excluding hydrogens is 647 g/mol. The molecule has 0 fully saturated rings. The fourth-order valence-electron chi connectivity index (χ4n) is 8.14. The molecule has 0 saturated carbocycles. The smallest absolute Gasteiger partial charge is 0.143 e. The first-order chi connectivity index (χ1) is 26.3. The van der Waals surface area contributed by atoms with Crippen LogP contribution in [0.2, 0.25) is 0 Å². The normalized spacial score (nSPS) is 11.8. The van der Waals surface area contributed by atoms with E-state index in [9.17, 15) is 0 Å². The van der Waals surface area contributed by atoms with Crippen molar-refractivity contribution in [2.75, 3.05) is 4.90 Å². The van der Waals surface area contributed by atoms with Crippen LogP contribution in [0.25, 0.3) is 87.7 Å². The van der Waals surface area contributed by atoms with Gasteiger partial charge in [0.2, 0.25) is 0 Å². The lowest BCUT2D eigenvalue weighted by atomic mass is 9.95. The summed E-state index contributed by atoms with van der Waals surface area (Å²) in [6.07, 6.45) is 0. The maximum absolute atomic E-state index is 6.67. The first-order valence-electron chi connectivity index (χ1n) is 18.0. The largest absolute Gasteiger partial charge is 0.456 e. The highest BCUT2D eigenvalue weighted by molar-refractivity contribution is 6.20. The summed E-state index contributed by atoms with van der Waals surface area (Å²) in [5, 5.41) is 9.22. The van der Waals surface area contributed by atoms with Gasteiger partial charge in [0.25, 0.3) is 0 Å². The van der Waals surface area contributed by atoms with E-state index < -0.39 is 0 Å². The molecule has 11 rings (SSSR count). The van der Waals surface area contributed by atoms with E-state index in [-0.39, 0.29) is 0 Å². The summed E-state index contributed by atoms with van der Waals surface area (Å²) >= 11 is 0. The molecule has 0 bridgehead atoms. The van der Waals surface area contributed by atoms with E-state index >= 15 is 0 Å². The van der Waals surface area contributed by atoms with Crippen LogP contribution in [0.5, 0.6) is 0 Å². The minimum Gasteiger partial charge on any atom is -0.456 e. The Morgan fingerprint density at radius 3 is 1.81 bits per heavy atom. The molecule has 0 aliphatic heterocycles. The summed E-state index contributed by atoms with van der Waals surface area (Å²) in [6.45, 7) is 0. The average molecular weight is 678 g/mol. The number of para-hydroxylation sites is 1. The van der Waals surface area contributed by atoms with Crippen LogP contribution in [0.15, 0.2) is 197 Å². The predicted octanol–water partition coefficient (Wildman–Crippen LogP) is 14.6. The third-order valence-corrected chi connectivity index (χ3v) is 10.6. The van der Waals surface area contributed by atoms with Crippen LogP contribution in [-0.2, 0) is 0 Å². The highest BCUT2D eigenvalue weighted by Gasteiger charge is 2.18. The van der Waals surface area contributed by atoms with Gasteiger partial charge in [0.1, 0.15) is 22.3 Å². The molecule has 0 amide bonds. The summed E-state index contributed by atoms with van der Waals surface area (Å²) in [5.74, 6) is 0. The van der Waals surface area contributed by atoms with Gasteiger partial charge in [0, 0.05) is 44.0 Å². The lowest BCUT2D eigenvalue weighted by Gasteiger charge is -2.25. The second-order valence-corrected chi connectivity index (χ2v) is 13.7. The molecule has 0 aliphatic carbocycles. The Bertz CT molecular complexity index is 3160. The second kappa shape index (κ2) is 11.7. The maximum Gasteiger partial charge on any atom is 0.143 e. The second-order valence-electron chi connectivity index (χ2n) is 13.7. The minimum absolute atomic E-state index is 0.883. The molecule has 0 spiro atoms. The number of furan rings is 2. The summed E-state index contributed by atoms with van der Waals surface area (Å²) in [6, 6.07) is 66.6. The summed E-state index contributed by atoms with van der Waals surface area (Å²) in [4.78, 5) is 2.31. The third kappa shape index (κ3) is 4.75. The van der Waals surface area contributed by atoms with E-state index in [2.05, 4.69) is 193 Å². The Balaban J connectivity index is 1.01. The van der Waals surface area contributed by atoms with Crippen LogP contribution in [0.3, 0.4) is 0 Å². The Morgan fingerprint density at radius 2 is 0.981 bits per heavy atom. The average Bonchev–Trinajstić information content (AvgIpc) is 3.80. The van der Waals surface area contributed by atoms with Gasteiger partial charge in [-0.1, -0.05) is 121 Å². The van der Waals surface area contributed by atoms with Crippen LogP contribution in [0.4, 0.5) is 17.1 Å². The van der Waals surface area contributed by atoms with Crippen molar-refractivity contribution < 1.29 is 8.83 Å². The van der Waals surface area contributed by atoms with Crippen molar-refractivity contribution in [2.24, 2.45) is 0 Å². The van der Waals surface area contributed by atoms with Gasteiger partial charge in [-0.05, 0) is 105 Å². The molecule has 2 heterocycles. The first-order valence-corrected chi connectivity index (χ1v) is 18.0. The van der Waals surface area contributed by atoms with E-state index in [1.807, 2.05) is 0 Å². The summed E-state index contributed by atoms with van der Waals surface area (Å²) < 4.78 is 13.0. The molecule has 0 N–H and O–H groups in total. The maximum atomic E-state index is 6.67. The molecule has 3 nitrogen and oxygen atoms in total. The molecule has 0 atom stereocenters. The van der Waals surface area contributed by atoms with Gasteiger partial charge in [-0.25, -0.2) is 0 Å². The molecule has 0 unspecified atom stereocenters. The van der Waals surface area contributed by atoms with Gasteiger partial charge in [0.05, 0.1) is 0 Å². The van der Waals surface area contributed by atoms with Crippen LogP contribution < -0.4 is 4.90 Å². The van der Waals surface area contributed by atoms with Gasteiger partial charge < -0.3 is 13.7 Å². The van der Waals surface area contributed by atoms with Crippen molar-refractivity contribution in [3.8, 4) is 22.3 Å². The zero-order valence-corrected chi connectivity index (χ0v) is 28.7. The highest BCUT2D eigenvalue weighted by atomic mass is 16.3. The topological polar surface area (TPSA) is 29.5 Å². The van der Waals surface area contributed by atoms with Crippen molar-refractivity contribution >= 4 is 82.5 Å². The predicted molar refractivity (Wildman–Crippen MR) is 222 cm³/mol. The van der Waals surface area contributed by atoms with E-state index in [0.29, 0.717) is 0 Å². The molecular formula is C50H31NO2. The molecule has 3 heteroatoms. The van der Waals surface area contributed by atoms with E-state index in [4.69, 9.17) is 8.83 Å². The number of hydrogen-bond acceptors (Lipinski definition) is 3. The van der Waals surface area contributed by atoms with Crippen molar-refractivity contribution in [3.05, 3.63) is 188 Å². The first kappa shape index (κ1) is 29.6. The lowest BCUT2D eigenvalue weighted by molar-refractivity contribution is 0.669.